The first-order valence-electron chi connectivity index (χ1n) is 5.16. The number of aromatic nitrogens is 1. The second kappa shape index (κ2) is 4.60. The van der Waals surface area contributed by atoms with Gasteiger partial charge >= 0.3 is 0 Å². The first-order chi connectivity index (χ1) is 7.29. The van der Waals surface area contributed by atoms with Crippen LogP contribution in [0.2, 0.25) is 0 Å². The summed E-state index contributed by atoms with van der Waals surface area (Å²) in [6.45, 7) is 6.76. The van der Waals surface area contributed by atoms with Crippen molar-refractivity contribution in [3.05, 3.63) is 29.8 Å². The number of nitrogens with zero attached hydrogens (tertiary/aromatic N) is 2. The lowest BCUT2D eigenvalue weighted by Crippen LogP contribution is -2.34. The molecular weight excluding hydrogens is 207 g/mol. The number of carbonyl (C=O) groups is 1. The minimum atomic E-state index is -0.630. The lowest BCUT2D eigenvalue weighted by Gasteiger charge is -2.26. The van der Waals surface area contributed by atoms with Crippen molar-refractivity contribution >= 4 is 5.91 Å². The Balaban J connectivity index is 2.78. The number of carbonyl (C=O) groups excluding carboxylic acids is 1. The molecule has 1 amide bonds. The maximum absolute atomic E-state index is 12.8. The van der Waals surface area contributed by atoms with Gasteiger partial charge < -0.3 is 4.90 Å². The number of hydrogen-bond acceptors (Lipinski definition) is 2. The molecule has 1 rings (SSSR count). The molecule has 0 aliphatic heterocycles. The van der Waals surface area contributed by atoms with Crippen molar-refractivity contribution in [1.82, 2.24) is 9.88 Å². The third-order valence-electron chi connectivity index (χ3n) is 2.03. The van der Waals surface area contributed by atoms with E-state index in [-0.39, 0.29) is 11.3 Å². The average Bonchev–Trinajstić information content (AvgIpc) is 2.14. The van der Waals surface area contributed by atoms with Crippen molar-refractivity contribution < 1.29 is 9.18 Å². The van der Waals surface area contributed by atoms with Crippen LogP contribution in [0.15, 0.2) is 18.3 Å². The third kappa shape index (κ3) is 3.61. The van der Waals surface area contributed by atoms with Gasteiger partial charge in [0.25, 0.3) is 5.91 Å². The van der Waals surface area contributed by atoms with E-state index >= 15 is 0 Å². The zero-order valence-electron chi connectivity index (χ0n) is 10.1. The van der Waals surface area contributed by atoms with E-state index < -0.39 is 5.95 Å². The zero-order chi connectivity index (χ0) is 12.3. The Morgan fingerprint density at radius 3 is 2.62 bits per heavy atom. The van der Waals surface area contributed by atoms with Crippen LogP contribution in [0.3, 0.4) is 0 Å². The van der Waals surface area contributed by atoms with E-state index in [1.54, 1.807) is 11.9 Å². The van der Waals surface area contributed by atoms with E-state index in [0.717, 1.165) is 6.07 Å². The van der Waals surface area contributed by atoms with Gasteiger partial charge in [-0.15, -0.1) is 0 Å². The molecule has 0 aliphatic carbocycles. The minimum absolute atomic E-state index is 0.0238. The van der Waals surface area contributed by atoms with Crippen molar-refractivity contribution in [3.8, 4) is 0 Å². The summed E-state index contributed by atoms with van der Waals surface area (Å²) in [5.41, 5.74) is 0.356. The van der Waals surface area contributed by atoms with Gasteiger partial charge in [-0.3, -0.25) is 4.79 Å². The molecule has 16 heavy (non-hydrogen) atoms. The van der Waals surface area contributed by atoms with Gasteiger partial charge in [0.2, 0.25) is 5.95 Å². The Kier molecular flexibility index (Phi) is 3.62. The minimum Gasteiger partial charge on any atom is -0.341 e. The summed E-state index contributed by atoms with van der Waals surface area (Å²) in [4.78, 5) is 16.9. The van der Waals surface area contributed by atoms with Gasteiger partial charge in [0, 0.05) is 31.4 Å². The van der Waals surface area contributed by atoms with Crippen LogP contribution in [0.25, 0.3) is 0 Å². The average molecular weight is 224 g/mol. The third-order valence-corrected chi connectivity index (χ3v) is 2.03. The number of rotatable bonds is 2. The van der Waals surface area contributed by atoms with Crippen molar-refractivity contribution in [2.24, 2.45) is 5.41 Å². The molecule has 1 aromatic rings. The second-order valence-corrected chi connectivity index (χ2v) is 5.09. The topological polar surface area (TPSA) is 33.2 Å². The Morgan fingerprint density at radius 1 is 1.50 bits per heavy atom. The Morgan fingerprint density at radius 2 is 2.12 bits per heavy atom. The molecule has 0 bridgehead atoms. The molecule has 0 spiro atoms. The Bertz CT molecular complexity index is 385. The number of pyridine rings is 1. The van der Waals surface area contributed by atoms with Crippen LogP contribution in [-0.4, -0.2) is 29.4 Å². The molecule has 0 fully saturated rings. The van der Waals surface area contributed by atoms with Crippen molar-refractivity contribution in [2.75, 3.05) is 13.6 Å². The van der Waals surface area contributed by atoms with Gasteiger partial charge in [-0.2, -0.15) is 4.39 Å². The van der Waals surface area contributed by atoms with Gasteiger partial charge in [0.15, 0.2) is 0 Å². The molecular formula is C12H17FN2O. The van der Waals surface area contributed by atoms with E-state index in [2.05, 4.69) is 4.98 Å². The first-order valence-corrected chi connectivity index (χ1v) is 5.16. The zero-order valence-corrected chi connectivity index (χ0v) is 10.1. The van der Waals surface area contributed by atoms with E-state index in [1.165, 1.54) is 12.3 Å². The molecule has 0 saturated heterocycles. The smallest absolute Gasteiger partial charge is 0.253 e. The van der Waals surface area contributed by atoms with E-state index in [0.29, 0.717) is 12.1 Å². The van der Waals surface area contributed by atoms with Gasteiger partial charge in [-0.25, -0.2) is 4.98 Å². The summed E-state index contributed by atoms with van der Waals surface area (Å²) in [6, 6.07) is 2.67. The van der Waals surface area contributed by atoms with Crippen LogP contribution in [0.4, 0.5) is 4.39 Å². The molecule has 0 unspecified atom stereocenters. The van der Waals surface area contributed by atoms with Crippen molar-refractivity contribution in [3.63, 3.8) is 0 Å². The molecule has 0 atom stereocenters. The van der Waals surface area contributed by atoms with Crippen molar-refractivity contribution in [1.29, 1.82) is 0 Å². The highest BCUT2D eigenvalue weighted by Gasteiger charge is 2.19. The van der Waals surface area contributed by atoms with Crippen LogP contribution < -0.4 is 0 Å². The quantitative estimate of drug-likeness (QED) is 0.722. The Labute approximate surface area is 95.3 Å². The molecule has 88 valence electrons. The molecule has 0 saturated carbocycles. The molecule has 0 radical (unpaired) electrons. The fourth-order valence-electron chi connectivity index (χ4n) is 1.54. The monoisotopic (exact) mass is 224 g/mol. The fraction of sp³-hybridized carbons (Fsp3) is 0.500. The fourth-order valence-corrected chi connectivity index (χ4v) is 1.54. The summed E-state index contributed by atoms with van der Waals surface area (Å²) in [7, 11) is 1.71. The summed E-state index contributed by atoms with van der Waals surface area (Å²) in [6.07, 6.45) is 1.30. The normalized spacial score (nSPS) is 11.3. The maximum Gasteiger partial charge on any atom is 0.253 e. The SMILES string of the molecule is CN(CC(C)(C)C)C(=O)c1ccnc(F)c1. The summed E-state index contributed by atoms with van der Waals surface area (Å²) in [5.74, 6) is -0.814. The first kappa shape index (κ1) is 12.6. The number of hydrogen-bond donors (Lipinski definition) is 0. The molecule has 1 aromatic heterocycles. The molecule has 0 aliphatic rings. The molecule has 1 heterocycles. The second-order valence-electron chi connectivity index (χ2n) is 5.09. The van der Waals surface area contributed by atoms with E-state index in [9.17, 15) is 9.18 Å². The van der Waals surface area contributed by atoms with E-state index in [4.69, 9.17) is 0 Å². The summed E-state index contributed by atoms with van der Waals surface area (Å²) in [5, 5.41) is 0. The van der Waals surface area contributed by atoms with Crippen molar-refractivity contribution in [2.45, 2.75) is 20.8 Å². The summed E-state index contributed by atoms with van der Waals surface area (Å²) < 4.78 is 12.8. The van der Waals surface area contributed by atoms with Crippen LogP contribution in [0.5, 0.6) is 0 Å². The molecule has 4 heteroatoms. The standard InChI is InChI=1S/C12H17FN2O/c1-12(2,3)8-15(4)11(16)9-5-6-14-10(13)7-9/h5-7H,8H2,1-4H3. The van der Waals surface area contributed by atoms with E-state index in [1.807, 2.05) is 20.8 Å². The Hall–Kier alpha value is -1.45. The van der Waals surface area contributed by atoms with Crippen LogP contribution in [0, 0.1) is 11.4 Å². The van der Waals surface area contributed by atoms with Gasteiger partial charge in [0.05, 0.1) is 0 Å². The van der Waals surface area contributed by atoms with Gasteiger partial charge in [-0.1, -0.05) is 20.8 Å². The predicted octanol–water partition coefficient (Wildman–Crippen LogP) is 2.34. The summed E-state index contributed by atoms with van der Waals surface area (Å²) >= 11 is 0. The molecule has 0 N–H and O–H groups in total. The van der Waals surface area contributed by atoms with Crippen LogP contribution >= 0.6 is 0 Å². The van der Waals surface area contributed by atoms with Crippen LogP contribution in [0.1, 0.15) is 31.1 Å². The predicted molar refractivity (Wildman–Crippen MR) is 60.6 cm³/mol. The molecule has 0 aromatic carbocycles. The highest BCUT2D eigenvalue weighted by Crippen LogP contribution is 2.15. The van der Waals surface area contributed by atoms with Gasteiger partial charge in [-0.05, 0) is 11.5 Å². The highest BCUT2D eigenvalue weighted by molar-refractivity contribution is 5.93. The number of amides is 1. The molecule has 3 nitrogen and oxygen atoms in total. The number of halogens is 1. The van der Waals surface area contributed by atoms with Gasteiger partial charge in [0.1, 0.15) is 0 Å². The lowest BCUT2D eigenvalue weighted by atomic mass is 9.96. The lowest BCUT2D eigenvalue weighted by molar-refractivity contribution is 0.0745. The largest absolute Gasteiger partial charge is 0.341 e. The highest BCUT2D eigenvalue weighted by atomic mass is 19.1. The maximum atomic E-state index is 12.8. The van der Waals surface area contributed by atoms with Crippen LogP contribution in [-0.2, 0) is 0 Å².